The van der Waals surface area contributed by atoms with E-state index in [2.05, 4.69) is 39.1 Å². The molecule has 0 bridgehead atoms. The Balaban J connectivity index is 2.05. The lowest BCUT2D eigenvalue weighted by atomic mass is 10.1. The van der Waals surface area contributed by atoms with Crippen molar-refractivity contribution in [2.24, 2.45) is 0 Å². The molecule has 3 nitrogen and oxygen atoms in total. The number of halogens is 1. The molecule has 4 heteroatoms. The number of aromatic nitrogens is 2. The number of nitrogens with zero attached hydrogens (tertiary/aromatic N) is 2. The van der Waals surface area contributed by atoms with Crippen LogP contribution in [0.15, 0.2) is 63.5 Å². The predicted molar refractivity (Wildman–Crippen MR) is 92.0 cm³/mol. The van der Waals surface area contributed by atoms with Crippen LogP contribution in [-0.4, -0.2) is 9.97 Å². The van der Waals surface area contributed by atoms with E-state index in [-0.39, 0.29) is 0 Å². The molecule has 0 aliphatic carbocycles. The van der Waals surface area contributed by atoms with E-state index >= 15 is 0 Å². The van der Waals surface area contributed by atoms with Gasteiger partial charge in [0.15, 0.2) is 0 Å². The van der Waals surface area contributed by atoms with Crippen molar-refractivity contribution in [1.29, 1.82) is 0 Å². The largest absolute Gasteiger partial charge is 0.436 e. The van der Waals surface area contributed by atoms with Gasteiger partial charge in [0, 0.05) is 4.47 Å². The molecule has 0 amide bonds. The number of hydrogen-bond donors (Lipinski definition) is 0. The highest BCUT2D eigenvalue weighted by Crippen LogP contribution is 2.34. The molecular formula is C18H9BrN2O. The minimum absolute atomic E-state index is 0.587. The fourth-order valence-corrected chi connectivity index (χ4v) is 3.31. The van der Waals surface area contributed by atoms with E-state index in [1.165, 1.54) is 0 Å². The molecule has 3 aromatic carbocycles. The molecule has 104 valence electrons. The van der Waals surface area contributed by atoms with E-state index in [4.69, 9.17) is 9.40 Å². The van der Waals surface area contributed by atoms with E-state index in [1.807, 2.05) is 36.4 Å². The summed E-state index contributed by atoms with van der Waals surface area (Å²) in [5, 5.41) is 3.31. The Bertz CT molecular complexity index is 1190. The first-order valence-corrected chi connectivity index (χ1v) is 7.76. The predicted octanol–water partition coefficient (Wildman–Crippen LogP) is 5.44. The smallest absolute Gasteiger partial charge is 0.246 e. The summed E-state index contributed by atoms with van der Waals surface area (Å²) in [6, 6.07) is 18.1. The van der Waals surface area contributed by atoms with Crippen LogP contribution in [0.3, 0.4) is 0 Å². The van der Waals surface area contributed by atoms with Crippen LogP contribution < -0.4 is 0 Å². The molecule has 0 aliphatic rings. The van der Waals surface area contributed by atoms with E-state index in [0.717, 1.165) is 42.8 Å². The second kappa shape index (κ2) is 4.27. The standard InChI is InChI=1S/C18H9BrN2O/c19-11-6-7-12-10(9-11)5-8-15-16(12)17-18(22-15)21-14-4-2-1-3-13(14)20-17/h1-9H. The summed E-state index contributed by atoms with van der Waals surface area (Å²) in [6.07, 6.45) is 0. The second-order valence-corrected chi connectivity index (χ2v) is 6.19. The molecule has 0 saturated heterocycles. The molecule has 0 spiro atoms. The van der Waals surface area contributed by atoms with Crippen LogP contribution in [0.4, 0.5) is 0 Å². The van der Waals surface area contributed by atoms with Gasteiger partial charge in [0.2, 0.25) is 5.71 Å². The first-order chi connectivity index (χ1) is 10.8. The number of rotatable bonds is 0. The lowest BCUT2D eigenvalue weighted by molar-refractivity contribution is 0.655. The topological polar surface area (TPSA) is 38.9 Å². The highest BCUT2D eigenvalue weighted by Gasteiger charge is 2.14. The lowest BCUT2D eigenvalue weighted by Crippen LogP contribution is -1.84. The Kier molecular flexibility index (Phi) is 2.35. The van der Waals surface area contributed by atoms with Gasteiger partial charge < -0.3 is 4.42 Å². The molecule has 0 unspecified atom stereocenters. The van der Waals surface area contributed by atoms with Crippen molar-refractivity contribution in [2.45, 2.75) is 0 Å². The van der Waals surface area contributed by atoms with E-state index in [9.17, 15) is 0 Å². The van der Waals surface area contributed by atoms with Crippen molar-refractivity contribution < 1.29 is 4.42 Å². The molecule has 0 saturated carbocycles. The fourth-order valence-electron chi connectivity index (χ4n) is 2.93. The second-order valence-electron chi connectivity index (χ2n) is 5.27. The summed E-state index contributed by atoms with van der Waals surface area (Å²) in [6.45, 7) is 0. The molecular weight excluding hydrogens is 340 g/mol. The van der Waals surface area contributed by atoms with Crippen LogP contribution in [0.25, 0.3) is 44.0 Å². The summed E-state index contributed by atoms with van der Waals surface area (Å²) in [4.78, 5) is 9.37. The Morgan fingerprint density at radius 1 is 0.864 bits per heavy atom. The van der Waals surface area contributed by atoms with Crippen molar-refractivity contribution in [2.75, 3.05) is 0 Å². The molecule has 0 fully saturated rings. The van der Waals surface area contributed by atoms with E-state index in [1.54, 1.807) is 0 Å². The molecule has 2 heterocycles. The molecule has 0 radical (unpaired) electrons. The van der Waals surface area contributed by atoms with Gasteiger partial charge in [-0.1, -0.05) is 40.2 Å². The van der Waals surface area contributed by atoms with Crippen LogP contribution in [0.5, 0.6) is 0 Å². The fraction of sp³-hybridized carbons (Fsp3) is 0. The van der Waals surface area contributed by atoms with Gasteiger partial charge in [0.25, 0.3) is 0 Å². The third kappa shape index (κ3) is 1.61. The van der Waals surface area contributed by atoms with Crippen molar-refractivity contribution in [3.63, 3.8) is 0 Å². The number of hydrogen-bond acceptors (Lipinski definition) is 3. The highest BCUT2D eigenvalue weighted by molar-refractivity contribution is 9.10. The summed E-state index contributed by atoms with van der Waals surface area (Å²) in [7, 11) is 0. The maximum absolute atomic E-state index is 5.91. The number of furan rings is 1. The van der Waals surface area contributed by atoms with Crippen molar-refractivity contribution in [1.82, 2.24) is 9.97 Å². The molecule has 0 N–H and O–H groups in total. The van der Waals surface area contributed by atoms with Crippen LogP contribution in [0, 0.1) is 0 Å². The summed E-state index contributed by atoms with van der Waals surface area (Å²) in [5.41, 5.74) is 3.96. The third-order valence-corrected chi connectivity index (χ3v) is 4.42. The van der Waals surface area contributed by atoms with E-state index in [0.29, 0.717) is 5.71 Å². The zero-order valence-electron chi connectivity index (χ0n) is 11.4. The summed E-state index contributed by atoms with van der Waals surface area (Å²) >= 11 is 3.52. The maximum atomic E-state index is 5.91. The minimum atomic E-state index is 0.587. The lowest BCUT2D eigenvalue weighted by Gasteiger charge is -2.00. The average Bonchev–Trinajstić information content (AvgIpc) is 2.90. The summed E-state index contributed by atoms with van der Waals surface area (Å²) < 4.78 is 6.97. The van der Waals surface area contributed by atoms with E-state index < -0.39 is 0 Å². The normalized spacial score (nSPS) is 11.9. The molecule has 5 aromatic rings. The average molecular weight is 349 g/mol. The van der Waals surface area contributed by atoms with Gasteiger partial charge in [-0.05, 0) is 41.1 Å². The van der Waals surface area contributed by atoms with Crippen molar-refractivity contribution in [3.8, 4) is 0 Å². The Labute approximate surface area is 133 Å². The number of para-hydroxylation sites is 2. The van der Waals surface area contributed by atoms with Gasteiger partial charge in [-0.3, -0.25) is 0 Å². The zero-order chi connectivity index (χ0) is 14.7. The molecule has 0 aliphatic heterocycles. The zero-order valence-corrected chi connectivity index (χ0v) is 13.0. The van der Waals surface area contributed by atoms with Gasteiger partial charge in [0.05, 0.1) is 16.4 Å². The molecule has 0 atom stereocenters. The van der Waals surface area contributed by atoms with Crippen molar-refractivity contribution in [3.05, 3.63) is 59.1 Å². The number of fused-ring (bicyclic) bond motifs is 6. The molecule has 5 rings (SSSR count). The van der Waals surface area contributed by atoms with Gasteiger partial charge in [-0.25, -0.2) is 9.97 Å². The molecule has 2 aromatic heterocycles. The van der Waals surface area contributed by atoms with Crippen LogP contribution >= 0.6 is 15.9 Å². The Hall–Kier alpha value is -2.46. The van der Waals surface area contributed by atoms with Crippen molar-refractivity contribution >= 4 is 59.9 Å². The monoisotopic (exact) mass is 348 g/mol. The Morgan fingerprint density at radius 2 is 1.68 bits per heavy atom. The van der Waals surface area contributed by atoms with Crippen LogP contribution in [0.2, 0.25) is 0 Å². The molecule has 22 heavy (non-hydrogen) atoms. The summed E-state index contributed by atoms with van der Waals surface area (Å²) in [5.74, 6) is 0. The van der Waals surface area contributed by atoms with Crippen LogP contribution in [-0.2, 0) is 0 Å². The van der Waals surface area contributed by atoms with Crippen LogP contribution in [0.1, 0.15) is 0 Å². The first kappa shape index (κ1) is 12.1. The minimum Gasteiger partial charge on any atom is -0.436 e. The number of benzene rings is 3. The van der Waals surface area contributed by atoms with Gasteiger partial charge in [0.1, 0.15) is 11.1 Å². The highest BCUT2D eigenvalue weighted by atomic mass is 79.9. The third-order valence-electron chi connectivity index (χ3n) is 3.93. The first-order valence-electron chi connectivity index (χ1n) is 6.97. The van der Waals surface area contributed by atoms with Gasteiger partial charge >= 0.3 is 0 Å². The Morgan fingerprint density at radius 3 is 2.55 bits per heavy atom. The maximum Gasteiger partial charge on any atom is 0.246 e. The van der Waals surface area contributed by atoms with Gasteiger partial charge in [-0.2, -0.15) is 0 Å². The SMILES string of the molecule is Brc1ccc2c(ccc3oc4nc5ccccc5nc4c32)c1. The quantitative estimate of drug-likeness (QED) is 0.373. The van der Waals surface area contributed by atoms with Gasteiger partial charge in [-0.15, -0.1) is 0 Å².